The van der Waals surface area contributed by atoms with Crippen molar-refractivity contribution in [3.63, 3.8) is 0 Å². The Bertz CT molecular complexity index is 431. The number of alkyl halides is 1. The molecule has 1 N–H and O–H groups in total. The van der Waals surface area contributed by atoms with Gasteiger partial charge in [0.25, 0.3) is 0 Å². The molecular weight excluding hydrogens is 364 g/mol. The Morgan fingerprint density at radius 1 is 1.05 bits per heavy atom. The molecule has 0 heterocycles. The van der Waals surface area contributed by atoms with Gasteiger partial charge in [0.05, 0.1) is 5.92 Å². The third-order valence-electron chi connectivity index (χ3n) is 3.92. The van der Waals surface area contributed by atoms with E-state index < -0.39 is 11.9 Å². The van der Waals surface area contributed by atoms with Crippen LogP contribution in [0.15, 0.2) is 24.3 Å². The van der Waals surface area contributed by atoms with Gasteiger partial charge in [0.2, 0.25) is 0 Å². The standard InChI is InChI=1S/C18H26BrClO2/c1-14(19)8-6-4-2-3-5-7-9-17(18(21)22)15-10-12-16(20)13-11-15/h10-14,17H,2-9H2,1H3,(H,21,22). The molecule has 22 heavy (non-hydrogen) atoms. The topological polar surface area (TPSA) is 37.3 Å². The van der Waals surface area contributed by atoms with Crippen molar-refractivity contribution in [3.8, 4) is 0 Å². The highest BCUT2D eigenvalue weighted by Gasteiger charge is 2.18. The van der Waals surface area contributed by atoms with Crippen LogP contribution in [0, 0.1) is 0 Å². The normalized spacial score (nSPS) is 13.8. The molecule has 2 nitrogen and oxygen atoms in total. The van der Waals surface area contributed by atoms with Gasteiger partial charge in [-0.05, 0) is 30.5 Å². The molecule has 0 fully saturated rings. The molecule has 2 atom stereocenters. The van der Waals surface area contributed by atoms with Gasteiger partial charge in [-0.2, -0.15) is 0 Å². The molecule has 0 bridgehead atoms. The van der Waals surface area contributed by atoms with Crippen LogP contribution in [0.1, 0.15) is 69.8 Å². The van der Waals surface area contributed by atoms with Crippen molar-refractivity contribution in [1.29, 1.82) is 0 Å². The Morgan fingerprint density at radius 2 is 1.55 bits per heavy atom. The SMILES string of the molecule is CC(Br)CCCCCCCCC(C(=O)O)c1ccc(Cl)cc1. The Labute approximate surface area is 147 Å². The maximum Gasteiger partial charge on any atom is 0.310 e. The van der Waals surface area contributed by atoms with Gasteiger partial charge < -0.3 is 5.11 Å². The summed E-state index contributed by atoms with van der Waals surface area (Å²) in [5.74, 6) is -1.15. The Morgan fingerprint density at radius 3 is 2.05 bits per heavy atom. The number of carboxylic acid groups (broad SMARTS) is 1. The van der Waals surface area contributed by atoms with Crippen molar-refractivity contribution < 1.29 is 9.90 Å². The Kier molecular flexibility index (Phi) is 9.81. The number of hydrogen-bond acceptors (Lipinski definition) is 1. The fraction of sp³-hybridized carbons (Fsp3) is 0.611. The minimum absolute atomic E-state index is 0.411. The number of aliphatic carboxylic acids is 1. The van der Waals surface area contributed by atoms with Crippen molar-refractivity contribution in [1.82, 2.24) is 0 Å². The monoisotopic (exact) mass is 388 g/mol. The quantitative estimate of drug-likeness (QED) is 0.350. The minimum atomic E-state index is -0.742. The van der Waals surface area contributed by atoms with Crippen LogP contribution in [0.4, 0.5) is 0 Å². The van der Waals surface area contributed by atoms with E-state index in [4.69, 9.17) is 11.6 Å². The summed E-state index contributed by atoms with van der Waals surface area (Å²) < 4.78 is 0. The van der Waals surface area contributed by atoms with Gasteiger partial charge in [0.15, 0.2) is 0 Å². The van der Waals surface area contributed by atoms with E-state index in [1.807, 2.05) is 12.1 Å². The van der Waals surface area contributed by atoms with Crippen LogP contribution >= 0.6 is 27.5 Å². The first-order chi connectivity index (χ1) is 10.5. The zero-order chi connectivity index (χ0) is 16.4. The lowest BCUT2D eigenvalue weighted by Crippen LogP contribution is -2.11. The first-order valence-electron chi connectivity index (χ1n) is 8.13. The van der Waals surface area contributed by atoms with E-state index in [1.54, 1.807) is 12.1 Å². The fourth-order valence-corrected chi connectivity index (χ4v) is 3.06. The van der Waals surface area contributed by atoms with Crippen LogP contribution in [0.5, 0.6) is 0 Å². The number of carbonyl (C=O) groups is 1. The molecule has 0 aliphatic carbocycles. The summed E-state index contributed by atoms with van der Waals surface area (Å²) in [5.41, 5.74) is 0.850. The van der Waals surface area contributed by atoms with Crippen LogP contribution in [0.3, 0.4) is 0 Å². The third kappa shape index (κ3) is 8.19. The molecule has 0 saturated carbocycles. The molecule has 0 amide bonds. The smallest absolute Gasteiger partial charge is 0.310 e. The van der Waals surface area contributed by atoms with E-state index in [0.29, 0.717) is 16.3 Å². The lowest BCUT2D eigenvalue weighted by molar-refractivity contribution is -0.139. The summed E-state index contributed by atoms with van der Waals surface area (Å²) >= 11 is 9.41. The molecule has 0 aromatic heterocycles. The molecular formula is C18H26BrClO2. The van der Waals surface area contributed by atoms with E-state index >= 15 is 0 Å². The van der Waals surface area contributed by atoms with E-state index in [1.165, 1.54) is 32.1 Å². The van der Waals surface area contributed by atoms with Crippen LogP contribution < -0.4 is 0 Å². The molecule has 2 unspecified atom stereocenters. The van der Waals surface area contributed by atoms with Gasteiger partial charge >= 0.3 is 5.97 Å². The number of unbranched alkanes of at least 4 members (excludes halogenated alkanes) is 5. The largest absolute Gasteiger partial charge is 0.481 e. The maximum atomic E-state index is 11.4. The average Bonchev–Trinajstić information content (AvgIpc) is 2.46. The molecule has 1 aromatic rings. The second-order valence-electron chi connectivity index (χ2n) is 5.92. The molecule has 4 heteroatoms. The summed E-state index contributed by atoms with van der Waals surface area (Å²) in [5, 5.41) is 10.0. The molecule has 0 radical (unpaired) electrons. The van der Waals surface area contributed by atoms with Crippen molar-refractivity contribution >= 4 is 33.5 Å². The number of halogens is 2. The zero-order valence-corrected chi connectivity index (χ0v) is 15.6. The highest BCUT2D eigenvalue weighted by molar-refractivity contribution is 9.09. The maximum absolute atomic E-state index is 11.4. The fourth-order valence-electron chi connectivity index (χ4n) is 2.61. The first kappa shape index (κ1) is 19.5. The molecule has 1 rings (SSSR count). The second-order valence-corrected chi connectivity index (χ2v) is 7.92. The number of carboxylic acids is 1. The average molecular weight is 390 g/mol. The summed E-state index contributed by atoms with van der Waals surface area (Å²) in [6.07, 6.45) is 9.01. The summed E-state index contributed by atoms with van der Waals surface area (Å²) in [6, 6.07) is 7.17. The van der Waals surface area contributed by atoms with Gasteiger partial charge in [-0.25, -0.2) is 0 Å². The highest BCUT2D eigenvalue weighted by Crippen LogP contribution is 2.25. The van der Waals surface area contributed by atoms with Gasteiger partial charge in [-0.1, -0.05) is 85.1 Å². The summed E-state index contributed by atoms with van der Waals surface area (Å²) in [4.78, 5) is 12.0. The van der Waals surface area contributed by atoms with Crippen molar-refractivity contribution in [2.75, 3.05) is 0 Å². The molecule has 0 spiro atoms. The van der Waals surface area contributed by atoms with Crippen molar-refractivity contribution in [2.24, 2.45) is 0 Å². The van der Waals surface area contributed by atoms with E-state index in [0.717, 1.165) is 18.4 Å². The van der Waals surface area contributed by atoms with E-state index in [9.17, 15) is 9.90 Å². The molecule has 0 aliphatic rings. The van der Waals surface area contributed by atoms with Crippen LogP contribution in [-0.2, 0) is 4.79 Å². The number of hydrogen-bond donors (Lipinski definition) is 1. The lowest BCUT2D eigenvalue weighted by Gasteiger charge is -2.12. The predicted octanol–water partition coefficient (Wildman–Crippen LogP) is 6.41. The van der Waals surface area contributed by atoms with Crippen LogP contribution in [-0.4, -0.2) is 15.9 Å². The Hall–Kier alpha value is -0.540. The second kappa shape index (κ2) is 11.1. The van der Waals surface area contributed by atoms with E-state index in [2.05, 4.69) is 22.9 Å². The van der Waals surface area contributed by atoms with E-state index in [-0.39, 0.29) is 0 Å². The first-order valence-corrected chi connectivity index (χ1v) is 9.42. The summed E-state index contributed by atoms with van der Waals surface area (Å²) in [6.45, 7) is 2.18. The van der Waals surface area contributed by atoms with Gasteiger partial charge in [0.1, 0.15) is 0 Å². The van der Waals surface area contributed by atoms with Crippen molar-refractivity contribution in [3.05, 3.63) is 34.9 Å². The molecule has 124 valence electrons. The Balaban J connectivity index is 2.23. The van der Waals surface area contributed by atoms with Crippen molar-refractivity contribution in [2.45, 2.75) is 69.0 Å². The predicted molar refractivity (Wildman–Crippen MR) is 97.2 cm³/mol. The molecule has 0 aliphatic heterocycles. The molecule has 0 saturated heterocycles. The third-order valence-corrected chi connectivity index (χ3v) is 4.62. The summed E-state index contributed by atoms with van der Waals surface area (Å²) in [7, 11) is 0. The number of benzene rings is 1. The van der Waals surface area contributed by atoms with Crippen LogP contribution in [0.25, 0.3) is 0 Å². The van der Waals surface area contributed by atoms with Gasteiger partial charge in [0, 0.05) is 9.85 Å². The molecule has 1 aromatic carbocycles. The zero-order valence-electron chi connectivity index (χ0n) is 13.2. The number of rotatable bonds is 11. The lowest BCUT2D eigenvalue weighted by atomic mass is 9.93. The van der Waals surface area contributed by atoms with Gasteiger partial charge in [-0.3, -0.25) is 4.79 Å². The minimum Gasteiger partial charge on any atom is -0.481 e. The highest BCUT2D eigenvalue weighted by atomic mass is 79.9. The van der Waals surface area contributed by atoms with Gasteiger partial charge in [-0.15, -0.1) is 0 Å². The van der Waals surface area contributed by atoms with Crippen LogP contribution in [0.2, 0.25) is 5.02 Å².